The molecule has 0 atom stereocenters. The quantitative estimate of drug-likeness (QED) is 0.720. The first-order chi connectivity index (χ1) is 9.36. The van der Waals surface area contributed by atoms with Gasteiger partial charge in [0.05, 0.1) is 0 Å². The van der Waals surface area contributed by atoms with Gasteiger partial charge >= 0.3 is 0 Å². The van der Waals surface area contributed by atoms with E-state index in [4.69, 9.17) is 0 Å². The number of benzene rings is 1. The van der Waals surface area contributed by atoms with Crippen LogP contribution in [0.25, 0.3) is 0 Å². The Morgan fingerprint density at radius 1 is 1.00 bits per heavy atom. The van der Waals surface area contributed by atoms with E-state index in [1.54, 1.807) is 0 Å². The van der Waals surface area contributed by atoms with E-state index in [1.807, 2.05) is 0 Å². The lowest BCUT2D eigenvalue weighted by atomic mass is 9.34. The van der Waals surface area contributed by atoms with Crippen LogP contribution in [0.4, 0.5) is 0 Å². The molecule has 0 spiro atoms. The molecule has 2 rings (SSSR count). The first-order valence-corrected chi connectivity index (χ1v) is 7.30. The van der Waals surface area contributed by atoms with Gasteiger partial charge in [0.2, 0.25) is 6.71 Å². The standard InChI is InChI=1S/C17H21B2/c1-3-15(4-2)19-14-10-6-5-9-13-18-16-11-7-8-12-17(16)19/h5-15H,3-4H2,1-2H3/b6-5-,13-9+,14-10+. The van der Waals surface area contributed by atoms with Gasteiger partial charge < -0.3 is 0 Å². The van der Waals surface area contributed by atoms with Crippen molar-refractivity contribution in [2.75, 3.05) is 0 Å². The van der Waals surface area contributed by atoms with Crippen LogP contribution in [0.1, 0.15) is 26.7 Å². The van der Waals surface area contributed by atoms with Gasteiger partial charge in [0.25, 0.3) is 0 Å². The third-order valence-corrected chi connectivity index (χ3v) is 3.95. The van der Waals surface area contributed by atoms with Crippen LogP contribution in [0.2, 0.25) is 5.82 Å². The van der Waals surface area contributed by atoms with Crippen molar-refractivity contribution in [3.05, 3.63) is 60.5 Å². The lowest BCUT2D eigenvalue weighted by Gasteiger charge is -2.22. The first-order valence-electron chi connectivity index (χ1n) is 7.30. The summed E-state index contributed by atoms with van der Waals surface area (Å²) in [6.07, 6.45) is 10.9. The molecule has 2 heteroatoms. The van der Waals surface area contributed by atoms with Crippen LogP contribution in [0.3, 0.4) is 0 Å². The first kappa shape index (κ1) is 14.0. The minimum atomic E-state index is 0.513. The molecule has 0 saturated carbocycles. The van der Waals surface area contributed by atoms with Crippen LogP contribution in [0.15, 0.2) is 60.5 Å². The van der Waals surface area contributed by atoms with Gasteiger partial charge in [-0.3, -0.25) is 0 Å². The summed E-state index contributed by atoms with van der Waals surface area (Å²) >= 11 is 0. The molecule has 19 heavy (non-hydrogen) atoms. The minimum absolute atomic E-state index is 0.513. The lowest BCUT2D eigenvalue weighted by Crippen LogP contribution is -2.44. The number of hydrogen-bond donors (Lipinski definition) is 0. The summed E-state index contributed by atoms with van der Waals surface area (Å²) in [6, 6.07) is 8.77. The Morgan fingerprint density at radius 2 is 1.74 bits per heavy atom. The molecule has 1 aliphatic rings. The zero-order valence-electron chi connectivity index (χ0n) is 11.9. The highest BCUT2D eigenvalue weighted by molar-refractivity contribution is 6.84. The molecule has 0 fully saturated rings. The molecule has 1 aliphatic heterocycles. The fourth-order valence-electron chi connectivity index (χ4n) is 2.81. The van der Waals surface area contributed by atoms with Crippen LogP contribution in [0, 0.1) is 0 Å². The summed E-state index contributed by atoms with van der Waals surface area (Å²) < 4.78 is 0. The normalized spacial score (nSPS) is 19.4. The maximum atomic E-state index is 2.36. The van der Waals surface area contributed by atoms with E-state index in [0.29, 0.717) is 12.5 Å². The Morgan fingerprint density at radius 3 is 2.53 bits per heavy atom. The SMILES string of the molecule is CCC(CC)B1/C=C/C=C\C=C\[B]c2ccccc21. The van der Waals surface area contributed by atoms with Crippen molar-refractivity contribution in [1.82, 2.24) is 0 Å². The van der Waals surface area contributed by atoms with Crippen molar-refractivity contribution < 1.29 is 0 Å². The number of allylic oxidation sites excluding steroid dienone is 4. The average molecular weight is 247 g/mol. The second-order valence-corrected chi connectivity index (χ2v) is 5.05. The van der Waals surface area contributed by atoms with Gasteiger partial charge in [-0.25, -0.2) is 0 Å². The molecule has 95 valence electrons. The van der Waals surface area contributed by atoms with Gasteiger partial charge in [-0.15, -0.1) is 12.0 Å². The molecule has 1 heterocycles. The fraction of sp³-hybridized carbons (Fsp3) is 0.294. The van der Waals surface area contributed by atoms with Crippen molar-refractivity contribution in [3.63, 3.8) is 0 Å². The van der Waals surface area contributed by atoms with Gasteiger partial charge in [-0.2, -0.15) is 0 Å². The highest BCUT2D eigenvalue weighted by Crippen LogP contribution is 2.20. The molecule has 0 N–H and O–H groups in total. The predicted octanol–water partition coefficient (Wildman–Crippen LogP) is 3.09. The second kappa shape index (κ2) is 7.23. The molecular formula is C17H21B2. The third-order valence-electron chi connectivity index (χ3n) is 3.95. The van der Waals surface area contributed by atoms with Crippen LogP contribution >= 0.6 is 0 Å². The number of hydrogen-bond acceptors (Lipinski definition) is 0. The Hall–Kier alpha value is -1.43. The Bertz CT molecular complexity index is 482. The molecule has 1 aromatic carbocycles. The van der Waals surface area contributed by atoms with E-state index in [-0.39, 0.29) is 0 Å². The highest BCUT2D eigenvalue weighted by Gasteiger charge is 2.23. The van der Waals surface area contributed by atoms with E-state index in [2.05, 4.69) is 81.6 Å². The highest BCUT2D eigenvalue weighted by atomic mass is 14.0. The van der Waals surface area contributed by atoms with Crippen molar-refractivity contribution in [1.29, 1.82) is 0 Å². The van der Waals surface area contributed by atoms with Crippen molar-refractivity contribution in [2.24, 2.45) is 0 Å². The summed E-state index contributed by atoms with van der Waals surface area (Å²) in [6.45, 7) is 5.10. The van der Waals surface area contributed by atoms with Gasteiger partial charge in [-0.05, 0) is 0 Å². The number of fused-ring (bicyclic) bond motifs is 1. The second-order valence-electron chi connectivity index (χ2n) is 5.05. The summed E-state index contributed by atoms with van der Waals surface area (Å²) in [7, 11) is 2.22. The zero-order chi connectivity index (χ0) is 13.5. The topological polar surface area (TPSA) is 0 Å². The van der Waals surface area contributed by atoms with E-state index in [9.17, 15) is 0 Å². The van der Waals surface area contributed by atoms with E-state index >= 15 is 0 Å². The van der Waals surface area contributed by atoms with Crippen molar-refractivity contribution >= 4 is 24.9 Å². The van der Waals surface area contributed by atoms with Gasteiger partial charge in [-0.1, -0.05) is 92.0 Å². The van der Waals surface area contributed by atoms with Gasteiger partial charge in [0, 0.05) is 0 Å². The monoisotopic (exact) mass is 247 g/mol. The summed E-state index contributed by atoms with van der Waals surface area (Å²) in [5.41, 5.74) is 2.79. The fourth-order valence-corrected chi connectivity index (χ4v) is 2.81. The molecular weight excluding hydrogens is 226 g/mol. The summed E-state index contributed by atoms with van der Waals surface area (Å²) in [5, 5.41) is 0. The minimum Gasteiger partial charge on any atom is -0.116 e. The van der Waals surface area contributed by atoms with Crippen molar-refractivity contribution in [2.45, 2.75) is 32.5 Å². The zero-order valence-corrected chi connectivity index (χ0v) is 11.9. The smallest absolute Gasteiger partial charge is 0.116 e. The molecule has 1 aromatic rings. The summed E-state index contributed by atoms with van der Waals surface area (Å²) in [5.74, 6) is 5.20. The van der Waals surface area contributed by atoms with Crippen molar-refractivity contribution in [3.8, 4) is 0 Å². The average Bonchev–Trinajstić information content (AvgIpc) is 2.46. The van der Waals surface area contributed by atoms with Gasteiger partial charge in [0.1, 0.15) is 0 Å². The largest absolute Gasteiger partial charge is 0.203 e. The molecule has 0 unspecified atom stereocenters. The van der Waals surface area contributed by atoms with E-state index in [1.165, 1.54) is 23.8 Å². The molecule has 0 bridgehead atoms. The van der Waals surface area contributed by atoms with Crippen LogP contribution in [-0.4, -0.2) is 14.0 Å². The van der Waals surface area contributed by atoms with Gasteiger partial charge in [0.15, 0.2) is 7.28 Å². The summed E-state index contributed by atoms with van der Waals surface area (Å²) in [4.78, 5) is 0. The molecule has 0 saturated heterocycles. The Kier molecular flexibility index (Phi) is 5.32. The lowest BCUT2D eigenvalue weighted by molar-refractivity contribution is 0.756. The third kappa shape index (κ3) is 3.53. The van der Waals surface area contributed by atoms with Crippen LogP contribution in [0.5, 0.6) is 0 Å². The number of rotatable bonds is 3. The van der Waals surface area contributed by atoms with E-state index < -0.39 is 0 Å². The molecule has 0 aliphatic carbocycles. The van der Waals surface area contributed by atoms with Crippen LogP contribution < -0.4 is 10.9 Å². The maximum Gasteiger partial charge on any atom is 0.203 e. The van der Waals surface area contributed by atoms with E-state index in [0.717, 1.165) is 0 Å². The Labute approximate surface area is 118 Å². The maximum absolute atomic E-state index is 2.36. The Balaban J connectivity index is 2.44. The molecule has 0 amide bonds. The molecule has 0 aromatic heterocycles. The molecule has 1 radical (unpaired) electrons. The van der Waals surface area contributed by atoms with Crippen LogP contribution in [-0.2, 0) is 0 Å². The predicted molar refractivity (Wildman–Crippen MR) is 89.0 cm³/mol. The molecule has 0 nitrogen and oxygen atoms in total.